The topological polar surface area (TPSA) is 26.3 Å². The van der Waals surface area contributed by atoms with Gasteiger partial charge in [0, 0.05) is 13.3 Å². The third-order valence-electron chi connectivity index (χ3n) is 11.1. The average molecular weight is 455 g/mol. The van der Waals surface area contributed by atoms with Crippen molar-refractivity contribution in [2.75, 3.05) is 0 Å². The second kappa shape index (κ2) is 9.54. The normalized spacial score (nSPS) is 42.3. The van der Waals surface area contributed by atoms with Crippen LogP contribution < -0.4 is 0 Å². The molecule has 0 aromatic rings. The highest BCUT2D eigenvalue weighted by Gasteiger charge is 2.59. The molecule has 3 saturated carbocycles. The number of ether oxygens (including phenoxy) is 1. The molecule has 0 unspecified atom stereocenters. The summed E-state index contributed by atoms with van der Waals surface area (Å²) in [6.07, 6.45) is 19.2. The predicted molar refractivity (Wildman–Crippen MR) is 138 cm³/mol. The van der Waals surface area contributed by atoms with E-state index in [9.17, 15) is 4.79 Å². The summed E-state index contributed by atoms with van der Waals surface area (Å²) < 4.78 is 5.62. The first-order valence-electron chi connectivity index (χ1n) is 14.1. The van der Waals surface area contributed by atoms with Crippen molar-refractivity contribution < 1.29 is 9.53 Å². The van der Waals surface area contributed by atoms with Crippen LogP contribution in [-0.4, -0.2) is 12.1 Å². The van der Waals surface area contributed by atoms with Gasteiger partial charge in [0.2, 0.25) is 0 Å². The zero-order chi connectivity index (χ0) is 24.0. The van der Waals surface area contributed by atoms with Crippen LogP contribution in [0.2, 0.25) is 0 Å². The van der Waals surface area contributed by atoms with Crippen molar-refractivity contribution in [1.29, 1.82) is 0 Å². The van der Waals surface area contributed by atoms with Crippen molar-refractivity contribution in [2.24, 2.45) is 52.3 Å². The molecule has 9 atom stereocenters. The number of esters is 1. The minimum Gasteiger partial charge on any atom is -0.462 e. The van der Waals surface area contributed by atoms with Gasteiger partial charge in [0.1, 0.15) is 6.10 Å². The first-order valence-corrected chi connectivity index (χ1v) is 14.1. The van der Waals surface area contributed by atoms with Crippen molar-refractivity contribution in [3.8, 4) is 0 Å². The Labute approximate surface area is 204 Å². The third-order valence-corrected chi connectivity index (χ3v) is 11.1. The molecule has 3 fully saturated rings. The zero-order valence-electron chi connectivity index (χ0n) is 22.5. The van der Waals surface area contributed by atoms with Gasteiger partial charge in [-0.1, -0.05) is 65.3 Å². The lowest BCUT2D eigenvalue weighted by Crippen LogP contribution is -2.51. The van der Waals surface area contributed by atoms with E-state index in [-0.39, 0.29) is 12.1 Å². The standard InChI is InChI=1S/C31H50O2/c1-8-23(20(2)3)10-9-21(4)27-13-14-28-26-12-11-24-19-25(33-22(5)32)15-17-30(24,6)29(26)16-18-31(27,28)7/h9-11,20-21,23,25-29H,8,12-19H2,1-7H3/b10-9-/t21-,23+,25-,26-,27+,28-,29-,30-,31+/m0/s1. The molecule has 0 saturated heterocycles. The molecule has 4 rings (SSSR count). The fourth-order valence-electron chi connectivity index (χ4n) is 9.15. The number of fused-ring (bicyclic) bond motifs is 5. The number of carbonyl (C=O) groups excluding carboxylic acids is 1. The molecule has 186 valence electrons. The summed E-state index contributed by atoms with van der Waals surface area (Å²) >= 11 is 0. The number of carbonyl (C=O) groups is 1. The lowest BCUT2D eigenvalue weighted by molar-refractivity contribution is -0.148. The highest BCUT2D eigenvalue weighted by molar-refractivity contribution is 5.66. The van der Waals surface area contributed by atoms with Crippen LogP contribution in [0.3, 0.4) is 0 Å². The molecular formula is C31H50O2. The van der Waals surface area contributed by atoms with E-state index in [0.29, 0.717) is 16.7 Å². The van der Waals surface area contributed by atoms with Crippen LogP contribution in [0.5, 0.6) is 0 Å². The lowest BCUT2D eigenvalue weighted by Gasteiger charge is -2.58. The maximum Gasteiger partial charge on any atom is 0.302 e. The first kappa shape index (κ1) is 25.1. The molecule has 0 N–H and O–H groups in total. The highest BCUT2D eigenvalue weighted by atomic mass is 16.5. The minimum absolute atomic E-state index is 0.105. The van der Waals surface area contributed by atoms with Gasteiger partial charge in [0.05, 0.1) is 0 Å². The van der Waals surface area contributed by atoms with Gasteiger partial charge in [-0.15, -0.1) is 0 Å². The Morgan fingerprint density at radius 2 is 1.85 bits per heavy atom. The van der Waals surface area contributed by atoms with Crippen molar-refractivity contribution in [2.45, 2.75) is 112 Å². The van der Waals surface area contributed by atoms with E-state index in [4.69, 9.17) is 4.74 Å². The van der Waals surface area contributed by atoms with Gasteiger partial charge in [-0.05, 0) is 104 Å². The van der Waals surface area contributed by atoms with Crippen molar-refractivity contribution in [1.82, 2.24) is 0 Å². The van der Waals surface area contributed by atoms with E-state index in [0.717, 1.165) is 48.3 Å². The Hall–Kier alpha value is -1.05. The Bertz CT molecular complexity index is 778. The van der Waals surface area contributed by atoms with E-state index in [1.165, 1.54) is 44.9 Å². The zero-order valence-corrected chi connectivity index (χ0v) is 22.5. The Balaban J connectivity index is 1.49. The van der Waals surface area contributed by atoms with Crippen LogP contribution in [0, 0.1) is 52.3 Å². The third kappa shape index (κ3) is 4.50. The monoisotopic (exact) mass is 454 g/mol. The fourth-order valence-corrected chi connectivity index (χ4v) is 9.15. The van der Waals surface area contributed by atoms with Gasteiger partial charge >= 0.3 is 5.97 Å². The largest absolute Gasteiger partial charge is 0.462 e. The summed E-state index contributed by atoms with van der Waals surface area (Å²) in [4.78, 5) is 11.5. The summed E-state index contributed by atoms with van der Waals surface area (Å²) in [5.74, 6) is 5.41. The van der Waals surface area contributed by atoms with Gasteiger partial charge in [0.15, 0.2) is 0 Å². The molecule has 0 spiro atoms. The van der Waals surface area contributed by atoms with Crippen molar-refractivity contribution in [3.05, 3.63) is 23.8 Å². The molecular weight excluding hydrogens is 404 g/mol. The first-order chi connectivity index (χ1) is 15.6. The minimum atomic E-state index is -0.120. The molecule has 0 aliphatic heterocycles. The molecule has 2 nitrogen and oxygen atoms in total. The van der Waals surface area contributed by atoms with Gasteiger partial charge in [0.25, 0.3) is 0 Å². The predicted octanol–water partition coefficient (Wildman–Crippen LogP) is 8.37. The second-order valence-electron chi connectivity index (χ2n) is 13.0. The van der Waals surface area contributed by atoms with Gasteiger partial charge in [-0.25, -0.2) is 0 Å². The SMILES string of the molecule is CC[C@H](/C=C\[C@H](C)[C@H]1CC[C@H]2[C@@H]3CC=C4C[C@@H](OC(C)=O)CC[C@]4(C)[C@H]3CC[C@]12C)C(C)C. The molecule has 0 bridgehead atoms. The van der Waals surface area contributed by atoms with Crippen molar-refractivity contribution >= 4 is 5.97 Å². The van der Waals surface area contributed by atoms with Crippen LogP contribution in [0.25, 0.3) is 0 Å². The molecule has 0 aromatic carbocycles. The Kier molecular flexibility index (Phi) is 7.24. The highest BCUT2D eigenvalue weighted by Crippen LogP contribution is 2.67. The Morgan fingerprint density at radius 3 is 2.52 bits per heavy atom. The summed E-state index contributed by atoms with van der Waals surface area (Å²) in [5, 5.41) is 0. The number of rotatable bonds is 6. The maximum atomic E-state index is 11.5. The number of hydrogen-bond acceptors (Lipinski definition) is 2. The van der Waals surface area contributed by atoms with E-state index < -0.39 is 0 Å². The summed E-state index contributed by atoms with van der Waals surface area (Å²) in [6, 6.07) is 0. The van der Waals surface area contributed by atoms with E-state index in [2.05, 4.69) is 59.8 Å². The molecule has 0 heterocycles. The van der Waals surface area contributed by atoms with Crippen LogP contribution in [0.4, 0.5) is 0 Å². The van der Waals surface area contributed by atoms with E-state index >= 15 is 0 Å². The summed E-state index contributed by atoms with van der Waals surface area (Å²) in [5.41, 5.74) is 2.44. The molecule has 2 heteroatoms. The molecule has 0 aromatic heterocycles. The molecule has 4 aliphatic rings. The molecule has 0 radical (unpaired) electrons. The summed E-state index contributed by atoms with van der Waals surface area (Å²) in [7, 11) is 0. The lowest BCUT2D eigenvalue weighted by atomic mass is 9.47. The van der Waals surface area contributed by atoms with Crippen molar-refractivity contribution in [3.63, 3.8) is 0 Å². The number of hydrogen-bond donors (Lipinski definition) is 0. The number of allylic oxidation sites excluding steroid dienone is 3. The smallest absolute Gasteiger partial charge is 0.302 e. The quantitative estimate of drug-likeness (QED) is 0.297. The van der Waals surface area contributed by atoms with Crippen LogP contribution in [-0.2, 0) is 9.53 Å². The molecule has 33 heavy (non-hydrogen) atoms. The maximum absolute atomic E-state index is 11.5. The van der Waals surface area contributed by atoms with E-state index in [1.54, 1.807) is 12.5 Å². The van der Waals surface area contributed by atoms with Crippen LogP contribution in [0.15, 0.2) is 23.8 Å². The average Bonchev–Trinajstić information content (AvgIpc) is 3.11. The van der Waals surface area contributed by atoms with Crippen LogP contribution >= 0.6 is 0 Å². The van der Waals surface area contributed by atoms with Gasteiger partial charge in [-0.2, -0.15) is 0 Å². The van der Waals surface area contributed by atoms with Gasteiger partial charge < -0.3 is 4.74 Å². The molecule has 4 aliphatic carbocycles. The fraction of sp³-hybridized carbons (Fsp3) is 0.839. The molecule has 0 amide bonds. The second-order valence-corrected chi connectivity index (χ2v) is 13.0. The van der Waals surface area contributed by atoms with E-state index in [1.807, 2.05) is 0 Å². The summed E-state index contributed by atoms with van der Waals surface area (Å²) in [6.45, 7) is 16.3. The van der Waals surface area contributed by atoms with Crippen LogP contribution in [0.1, 0.15) is 106 Å². The Morgan fingerprint density at radius 1 is 1.09 bits per heavy atom. The van der Waals surface area contributed by atoms with Gasteiger partial charge in [-0.3, -0.25) is 4.79 Å².